The molecule has 0 aromatic heterocycles. The Bertz CT molecular complexity index is 630. The summed E-state index contributed by atoms with van der Waals surface area (Å²) in [6, 6.07) is 8.49. The van der Waals surface area contributed by atoms with Crippen molar-refractivity contribution >= 4 is 11.9 Å². The Kier molecular flexibility index (Phi) is 4.66. The summed E-state index contributed by atoms with van der Waals surface area (Å²) >= 11 is 0. The van der Waals surface area contributed by atoms with E-state index in [0.717, 1.165) is 12.8 Å². The smallest absolute Gasteiger partial charge is 0.306 e. The summed E-state index contributed by atoms with van der Waals surface area (Å²) in [5.41, 5.74) is 2.72. The number of carbonyl (C=O) groups excluding carboxylic acids is 1. The van der Waals surface area contributed by atoms with Crippen LogP contribution in [0.3, 0.4) is 0 Å². The molecule has 0 heterocycles. The van der Waals surface area contributed by atoms with Crippen LogP contribution in [0.5, 0.6) is 0 Å². The quantitative estimate of drug-likeness (QED) is 0.886. The van der Waals surface area contributed by atoms with E-state index in [1.807, 2.05) is 6.07 Å². The van der Waals surface area contributed by atoms with Crippen molar-refractivity contribution in [1.29, 1.82) is 0 Å². The minimum atomic E-state index is -0.725. The van der Waals surface area contributed by atoms with Crippen LogP contribution in [0.1, 0.15) is 69.5 Å². The van der Waals surface area contributed by atoms with Crippen molar-refractivity contribution in [1.82, 2.24) is 5.32 Å². The number of carbonyl (C=O) groups is 2. The molecule has 0 saturated heterocycles. The van der Waals surface area contributed by atoms with E-state index in [1.165, 1.54) is 11.1 Å². The molecule has 3 rings (SSSR count). The number of rotatable bonds is 3. The Balaban J connectivity index is 1.67. The van der Waals surface area contributed by atoms with Gasteiger partial charge in [0.05, 0.1) is 12.0 Å². The Morgan fingerprint density at radius 1 is 1.04 bits per heavy atom. The maximum absolute atomic E-state index is 12.7. The Morgan fingerprint density at radius 3 is 2.33 bits per heavy atom. The zero-order valence-corrected chi connectivity index (χ0v) is 14.5. The van der Waals surface area contributed by atoms with Crippen LogP contribution < -0.4 is 5.32 Å². The maximum Gasteiger partial charge on any atom is 0.306 e. The van der Waals surface area contributed by atoms with Crippen molar-refractivity contribution in [2.24, 2.45) is 11.8 Å². The maximum atomic E-state index is 12.7. The molecule has 2 aliphatic rings. The van der Waals surface area contributed by atoms with E-state index >= 15 is 0 Å². The third-order valence-corrected chi connectivity index (χ3v) is 5.89. The van der Waals surface area contributed by atoms with Gasteiger partial charge in [-0.2, -0.15) is 0 Å². The highest BCUT2D eigenvalue weighted by atomic mass is 16.4. The Hall–Kier alpha value is -1.84. The molecular formula is C20H27NO3. The van der Waals surface area contributed by atoms with E-state index in [-0.39, 0.29) is 29.2 Å². The van der Waals surface area contributed by atoms with Gasteiger partial charge in [-0.25, -0.2) is 0 Å². The lowest BCUT2D eigenvalue weighted by atomic mass is 9.71. The van der Waals surface area contributed by atoms with Crippen LogP contribution in [0, 0.1) is 11.8 Å². The van der Waals surface area contributed by atoms with Crippen molar-refractivity contribution in [3.63, 3.8) is 0 Å². The Labute approximate surface area is 143 Å². The molecule has 0 spiro atoms. The summed E-state index contributed by atoms with van der Waals surface area (Å²) in [7, 11) is 0. The number of hydrogen-bond acceptors (Lipinski definition) is 2. The second kappa shape index (κ2) is 6.58. The predicted octanol–water partition coefficient (Wildman–Crippen LogP) is 3.81. The molecule has 1 aromatic rings. The second-order valence-electron chi connectivity index (χ2n) is 7.96. The van der Waals surface area contributed by atoms with Crippen LogP contribution in [-0.2, 0) is 15.0 Å². The molecule has 1 unspecified atom stereocenters. The number of fused-ring (bicyclic) bond motifs is 1. The van der Waals surface area contributed by atoms with Gasteiger partial charge in [0.25, 0.3) is 0 Å². The number of nitrogens with one attached hydrogen (secondary N) is 1. The molecule has 24 heavy (non-hydrogen) atoms. The lowest BCUT2D eigenvalue weighted by molar-refractivity contribution is -0.144. The second-order valence-corrected chi connectivity index (χ2v) is 7.96. The predicted molar refractivity (Wildman–Crippen MR) is 92.7 cm³/mol. The van der Waals surface area contributed by atoms with Crippen LogP contribution in [0.25, 0.3) is 0 Å². The monoisotopic (exact) mass is 329 g/mol. The summed E-state index contributed by atoms with van der Waals surface area (Å²) in [5.74, 6) is -0.941. The van der Waals surface area contributed by atoms with Gasteiger partial charge in [-0.1, -0.05) is 38.1 Å². The average Bonchev–Trinajstić information content (AvgIpc) is 2.58. The van der Waals surface area contributed by atoms with Crippen molar-refractivity contribution in [3.05, 3.63) is 35.4 Å². The zero-order valence-electron chi connectivity index (χ0n) is 14.5. The summed E-state index contributed by atoms with van der Waals surface area (Å²) in [5, 5.41) is 12.3. The fourth-order valence-corrected chi connectivity index (χ4v) is 4.25. The molecule has 2 N–H and O–H groups in total. The van der Waals surface area contributed by atoms with Crippen LogP contribution in [-0.4, -0.2) is 17.0 Å². The average molecular weight is 329 g/mol. The van der Waals surface area contributed by atoms with Crippen LogP contribution in [0.2, 0.25) is 0 Å². The molecule has 4 nitrogen and oxygen atoms in total. The lowest BCUT2D eigenvalue weighted by Crippen LogP contribution is -2.39. The molecule has 0 radical (unpaired) electrons. The minimum Gasteiger partial charge on any atom is -0.481 e. The van der Waals surface area contributed by atoms with E-state index in [0.29, 0.717) is 25.7 Å². The molecule has 1 saturated carbocycles. The highest BCUT2D eigenvalue weighted by Crippen LogP contribution is 2.41. The fraction of sp³-hybridized carbons (Fsp3) is 0.600. The molecule has 1 fully saturated rings. The summed E-state index contributed by atoms with van der Waals surface area (Å²) in [6.45, 7) is 4.52. The molecule has 4 heteroatoms. The third kappa shape index (κ3) is 3.33. The van der Waals surface area contributed by atoms with Gasteiger partial charge >= 0.3 is 5.97 Å². The van der Waals surface area contributed by atoms with E-state index < -0.39 is 5.97 Å². The van der Waals surface area contributed by atoms with Gasteiger partial charge in [0.15, 0.2) is 0 Å². The number of aliphatic carboxylic acids is 1. The van der Waals surface area contributed by atoms with E-state index in [1.54, 1.807) is 0 Å². The van der Waals surface area contributed by atoms with Gasteiger partial charge in [-0.05, 0) is 55.1 Å². The molecule has 0 bridgehead atoms. The third-order valence-electron chi connectivity index (χ3n) is 5.89. The van der Waals surface area contributed by atoms with E-state index in [4.69, 9.17) is 5.11 Å². The lowest BCUT2D eigenvalue weighted by Gasteiger charge is -2.38. The highest BCUT2D eigenvalue weighted by Gasteiger charge is 2.35. The standard InChI is InChI=1S/C20H27NO3/c1-20(2)12-11-17(15-5-3-4-6-16(15)20)21-18(22)13-7-9-14(10-8-13)19(23)24/h3-6,13-14,17H,7-12H2,1-2H3,(H,21,22)(H,23,24). The van der Waals surface area contributed by atoms with Crippen molar-refractivity contribution in [2.45, 2.75) is 63.8 Å². The molecule has 1 aromatic carbocycles. The number of amides is 1. The first-order valence-corrected chi connectivity index (χ1v) is 9.01. The van der Waals surface area contributed by atoms with Gasteiger partial charge in [-0.3, -0.25) is 9.59 Å². The van der Waals surface area contributed by atoms with Crippen molar-refractivity contribution in [3.8, 4) is 0 Å². The van der Waals surface area contributed by atoms with Gasteiger partial charge in [0.2, 0.25) is 5.91 Å². The molecular weight excluding hydrogens is 302 g/mol. The first-order valence-electron chi connectivity index (χ1n) is 9.01. The van der Waals surface area contributed by atoms with Crippen molar-refractivity contribution in [2.75, 3.05) is 0 Å². The topological polar surface area (TPSA) is 66.4 Å². The number of carboxylic acids is 1. The van der Waals surface area contributed by atoms with Gasteiger partial charge in [-0.15, -0.1) is 0 Å². The summed E-state index contributed by atoms with van der Waals surface area (Å²) in [4.78, 5) is 23.7. The van der Waals surface area contributed by atoms with Gasteiger partial charge in [0.1, 0.15) is 0 Å². The first kappa shape index (κ1) is 17.0. The first-order chi connectivity index (χ1) is 11.4. The largest absolute Gasteiger partial charge is 0.481 e. The van der Waals surface area contributed by atoms with E-state index in [2.05, 4.69) is 37.4 Å². The molecule has 130 valence electrons. The minimum absolute atomic E-state index is 0.0392. The highest BCUT2D eigenvalue weighted by molar-refractivity contribution is 5.80. The zero-order chi connectivity index (χ0) is 17.3. The molecule has 1 amide bonds. The van der Waals surface area contributed by atoms with Gasteiger partial charge in [0, 0.05) is 5.92 Å². The summed E-state index contributed by atoms with van der Waals surface area (Å²) < 4.78 is 0. The SMILES string of the molecule is CC1(C)CCC(NC(=O)C2CCC(C(=O)O)CC2)c2ccccc21. The summed E-state index contributed by atoms with van der Waals surface area (Å²) in [6.07, 6.45) is 4.61. The molecule has 1 atom stereocenters. The fourth-order valence-electron chi connectivity index (χ4n) is 4.25. The Morgan fingerprint density at radius 2 is 1.67 bits per heavy atom. The number of hydrogen-bond donors (Lipinski definition) is 2. The van der Waals surface area contributed by atoms with E-state index in [9.17, 15) is 9.59 Å². The molecule has 0 aliphatic heterocycles. The molecule has 2 aliphatic carbocycles. The van der Waals surface area contributed by atoms with Crippen LogP contribution in [0.4, 0.5) is 0 Å². The van der Waals surface area contributed by atoms with Crippen molar-refractivity contribution < 1.29 is 14.7 Å². The van der Waals surface area contributed by atoms with Gasteiger partial charge < -0.3 is 10.4 Å². The van der Waals surface area contributed by atoms with Crippen LogP contribution in [0.15, 0.2) is 24.3 Å². The number of carboxylic acid groups (broad SMARTS) is 1. The number of benzene rings is 1. The normalized spacial score (nSPS) is 28.7. The van der Waals surface area contributed by atoms with Crippen LogP contribution >= 0.6 is 0 Å².